The molecule has 0 bridgehead atoms. The lowest BCUT2D eigenvalue weighted by atomic mass is 10.0. The Morgan fingerprint density at radius 1 is 0.706 bits per heavy atom. The summed E-state index contributed by atoms with van der Waals surface area (Å²) >= 11 is 0. The highest BCUT2D eigenvalue weighted by atomic mass is 16.5. The predicted molar refractivity (Wildman–Crippen MR) is 133 cm³/mol. The second-order valence-corrected chi connectivity index (χ2v) is 7.79. The molecule has 0 aliphatic carbocycles. The van der Waals surface area contributed by atoms with Gasteiger partial charge in [-0.25, -0.2) is 4.90 Å². The van der Waals surface area contributed by atoms with Gasteiger partial charge in [-0.15, -0.1) is 0 Å². The van der Waals surface area contributed by atoms with Crippen molar-refractivity contribution in [2.24, 2.45) is 0 Å². The molecule has 6 nitrogen and oxygen atoms in total. The Hall–Kier alpha value is -4.58. The van der Waals surface area contributed by atoms with Crippen LogP contribution in [0.5, 0.6) is 11.5 Å². The lowest BCUT2D eigenvalue weighted by Gasteiger charge is -2.18. The molecule has 0 unspecified atom stereocenters. The molecule has 0 spiro atoms. The quantitative estimate of drug-likeness (QED) is 0.406. The van der Waals surface area contributed by atoms with Crippen LogP contribution < -0.4 is 19.7 Å². The Labute approximate surface area is 197 Å². The van der Waals surface area contributed by atoms with Gasteiger partial charge in [-0.2, -0.15) is 0 Å². The van der Waals surface area contributed by atoms with Crippen molar-refractivity contribution in [3.05, 3.63) is 102 Å². The minimum Gasteiger partial charge on any atom is -0.497 e. The molecule has 34 heavy (non-hydrogen) atoms. The van der Waals surface area contributed by atoms with Gasteiger partial charge in [0, 0.05) is 29.3 Å². The summed E-state index contributed by atoms with van der Waals surface area (Å²) in [5, 5.41) is 4.94. The smallest absolute Gasteiger partial charge is 0.282 e. The molecule has 4 aromatic carbocycles. The molecule has 1 aliphatic heterocycles. The van der Waals surface area contributed by atoms with E-state index in [1.54, 1.807) is 38.5 Å². The number of rotatable bonds is 6. The van der Waals surface area contributed by atoms with Crippen LogP contribution in [0.3, 0.4) is 0 Å². The summed E-state index contributed by atoms with van der Waals surface area (Å²) in [5.74, 6) is 0.310. The second kappa shape index (κ2) is 8.75. The number of amides is 2. The predicted octanol–water partition coefficient (Wildman–Crippen LogP) is 5.25. The monoisotopic (exact) mass is 450 g/mol. The van der Waals surface area contributed by atoms with Crippen molar-refractivity contribution in [1.82, 2.24) is 0 Å². The van der Waals surface area contributed by atoms with Gasteiger partial charge in [0.05, 0.1) is 25.5 Å². The first kappa shape index (κ1) is 21.3. The van der Waals surface area contributed by atoms with E-state index in [0.29, 0.717) is 34.0 Å². The number of nitrogens with zero attached hydrogens (tertiary/aromatic N) is 1. The van der Waals surface area contributed by atoms with Crippen LogP contribution in [0.2, 0.25) is 0 Å². The van der Waals surface area contributed by atoms with E-state index in [9.17, 15) is 9.59 Å². The number of hydrogen-bond donors (Lipinski definition) is 1. The summed E-state index contributed by atoms with van der Waals surface area (Å²) in [7, 11) is 3.11. The minimum absolute atomic E-state index is 0.194. The largest absolute Gasteiger partial charge is 0.497 e. The van der Waals surface area contributed by atoms with E-state index in [4.69, 9.17) is 9.47 Å². The Balaban J connectivity index is 1.65. The minimum atomic E-state index is -0.429. The number of methoxy groups -OCH3 is 2. The number of anilines is 2. The van der Waals surface area contributed by atoms with Gasteiger partial charge in [0.25, 0.3) is 11.8 Å². The average molecular weight is 450 g/mol. The molecule has 0 fully saturated rings. The van der Waals surface area contributed by atoms with Crippen molar-refractivity contribution in [2.45, 2.75) is 0 Å². The Morgan fingerprint density at radius 3 is 2.06 bits per heavy atom. The van der Waals surface area contributed by atoms with Crippen LogP contribution in [-0.2, 0) is 9.59 Å². The summed E-state index contributed by atoms with van der Waals surface area (Å²) in [6.07, 6.45) is 0. The number of ether oxygens (including phenoxy) is 2. The maximum atomic E-state index is 13.8. The van der Waals surface area contributed by atoms with E-state index >= 15 is 0 Å². The average Bonchev–Trinajstić information content (AvgIpc) is 3.12. The number of hydrogen-bond acceptors (Lipinski definition) is 5. The summed E-state index contributed by atoms with van der Waals surface area (Å²) in [4.78, 5) is 28.8. The molecule has 1 N–H and O–H groups in total. The molecule has 0 atom stereocenters. The lowest BCUT2D eigenvalue weighted by molar-refractivity contribution is -0.120. The number of nitrogens with one attached hydrogen (secondary N) is 1. The Morgan fingerprint density at radius 2 is 1.35 bits per heavy atom. The van der Waals surface area contributed by atoms with Gasteiger partial charge in [-0.3, -0.25) is 9.59 Å². The lowest BCUT2D eigenvalue weighted by Crippen LogP contribution is -2.32. The summed E-state index contributed by atoms with van der Waals surface area (Å²) < 4.78 is 10.7. The fourth-order valence-electron chi connectivity index (χ4n) is 4.16. The number of carbonyl (C=O) groups excluding carboxylic acids is 2. The molecule has 1 aliphatic rings. The molecule has 4 aromatic rings. The van der Waals surface area contributed by atoms with Gasteiger partial charge >= 0.3 is 0 Å². The van der Waals surface area contributed by atoms with Gasteiger partial charge in [-0.1, -0.05) is 66.7 Å². The fraction of sp³-hybridized carbons (Fsp3) is 0.0714. The highest BCUT2D eigenvalue weighted by molar-refractivity contribution is 6.47. The molecule has 0 saturated heterocycles. The van der Waals surface area contributed by atoms with Gasteiger partial charge in [0.1, 0.15) is 17.2 Å². The number of fused-ring (bicyclic) bond motifs is 1. The highest BCUT2D eigenvalue weighted by Gasteiger charge is 2.40. The van der Waals surface area contributed by atoms with Crippen molar-refractivity contribution in [2.75, 3.05) is 24.4 Å². The number of benzene rings is 4. The van der Waals surface area contributed by atoms with Crippen molar-refractivity contribution in [3.8, 4) is 11.5 Å². The molecule has 0 radical (unpaired) electrons. The third kappa shape index (κ3) is 3.65. The fourth-order valence-corrected chi connectivity index (χ4v) is 4.16. The molecule has 2 amide bonds. The molecule has 6 heteroatoms. The van der Waals surface area contributed by atoms with Crippen LogP contribution in [-0.4, -0.2) is 26.0 Å². The van der Waals surface area contributed by atoms with Crippen molar-refractivity contribution >= 4 is 39.5 Å². The zero-order valence-corrected chi connectivity index (χ0v) is 18.7. The van der Waals surface area contributed by atoms with Crippen LogP contribution >= 0.6 is 0 Å². The summed E-state index contributed by atoms with van der Waals surface area (Å²) in [5.41, 5.74) is 2.27. The first-order valence-electron chi connectivity index (χ1n) is 10.8. The first-order chi connectivity index (χ1) is 16.6. The van der Waals surface area contributed by atoms with Crippen molar-refractivity contribution in [3.63, 3.8) is 0 Å². The van der Waals surface area contributed by atoms with Crippen molar-refractivity contribution in [1.29, 1.82) is 0 Å². The summed E-state index contributed by atoms with van der Waals surface area (Å²) in [6.45, 7) is 0. The van der Waals surface area contributed by atoms with Crippen molar-refractivity contribution < 1.29 is 19.1 Å². The van der Waals surface area contributed by atoms with E-state index in [1.165, 1.54) is 4.90 Å². The zero-order valence-electron chi connectivity index (χ0n) is 18.7. The standard InChI is InChI=1S/C28H22N2O4/c1-33-21-15-20(16-22(17-21)34-2)29-26-25(19-10-4-3-5-11-19)27(31)30(28(26)32)24-14-8-12-18-9-6-7-13-23(18)24/h3-17,29H,1-2H3. The molecular formula is C28H22N2O4. The first-order valence-corrected chi connectivity index (χ1v) is 10.8. The number of imide groups is 1. The molecular weight excluding hydrogens is 428 g/mol. The second-order valence-electron chi connectivity index (χ2n) is 7.79. The van der Waals surface area contributed by atoms with E-state index in [1.807, 2.05) is 66.7 Å². The topological polar surface area (TPSA) is 67.9 Å². The third-order valence-electron chi connectivity index (χ3n) is 5.77. The van der Waals surface area contributed by atoms with Crippen LogP contribution in [0.25, 0.3) is 16.3 Å². The maximum Gasteiger partial charge on any atom is 0.282 e. The van der Waals surface area contributed by atoms with Crippen LogP contribution in [0.4, 0.5) is 11.4 Å². The van der Waals surface area contributed by atoms with Gasteiger partial charge in [-0.05, 0) is 17.0 Å². The molecule has 0 aromatic heterocycles. The normalized spacial score (nSPS) is 13.5. The van der Waals surface area contributed by atoms with Crippen LogP contribution in [0.15, 0.2) is 96.7 Å². The van der Waals surface area contributed by atoms with Gasteiger partial charge in [0.15, 0.2) is 0 Å². The number of carbonyl (C=O) groups is 2. The Kier molecular flexibility index (Phi) is 5.47. The molecule has 5 rings (SSSR count). The van der Waals surface area contributed by atoms with E-state index in [0.717, 1.165) is 10.8 Å². The zero-order chi connectivity index (χ0) is 23.7. The van der Waals surface area contributed by atoms with E-state index in [-0.39, 0.29) is 11.6 Å². The summed E-state index contributed by atoms with van der Waals surface area (Å²) in [6, 6.07) is 27.7. The molecule has 1 heterocycles. The third-order valence-corrected chi connectivity index (χ3v) is 5.77. The van der Waals surface area contributed by atoms with Gasteiger partial charge in [0.2, 0.25) is 0 Å². The highest BCUT2D eigenvalue weighted by Crippen LogP contribution is 2.37. The van der Waals surface area contributed by atoms with Crippen LogP contribution in [0, 0.1) is 0 Å². The SMILES string of the molecule is COc1cc(NC2=C(c3ccccc3)C(=O)N(c3cccc4ccccc34)C2=O)cc(OC)c1. The maximum absolute atomic E-state index is 13.8. The van der Waals surface area contributed by atoms with Gasteiger partial charge < -0.3 is 14.8 Å². The molecule has 168 valence electrons. The van der Waals surface area contributed by atoms with E-state index in [2.05, 4.69) is 5.32 Å². The molecule has 0 saturated carbocycles. The van der Waals surface area contributed by atoms with Crippen LogP contribution in [0.1, 0.15) is 5.56 Å². The van der Waals surface area contributed by atoms with E-state index < -0.39 is 5.91 Å². The Bertz CT molecular complexity index is 1420.